The lowest BCUT2D eigenvalue weighted by molar-refractivity contribution is 0.226. The van der Waals surface area contributed by atoms with E-state index in [9.17, 15) is 9.65 Å². The number of hydrogen-bond acceptors (Lipinski definition) is 8. The Morgan fingerprint density at radius 3 is 2.85 bits per heavy atom. The number of fused-ring (bicyclic) bond motifs is 7. The van der Waals surface area contributed by atoms with Crippen molar-refractivity contribution in [2.75, 3.05) is 11.5 Å². The molecule has 5 rings (SSSR count). The maximum Gasteiger partial charge on any atom is 0.241 e. The van der Waals surface area contributed by atoms with Gasteiger partial charge >= 0.3 is 0 Å². The molecule has 0 radical (unpaired) electrons. The second kappa shape index (κ2) is 7.20. The third kappa shape index (κ3) is 3.09. The number of aryl methyl sites for hydroxylation is 1. The van der Waals surface area contributed by atoms with E-state index in [1.165, 1.54) is 32.4 Å². The number of nitrogen functional groups attached to an aromatic ring is 2. The lowest BCUT2D eigenvalue weighted by Crippen LogP contribution is -2.26. The first-order chi connectivity index (χ1) is 15.8. The van der Waals surface area contributed by atoms with Crippen LogP contribution >= 0.6 is 0 Å². The van der Waals surface area contributed by atoms with Crippen molar-refractivity contribution in [2.45, 2.75) is 19.6 Å². The van der Waals surface area contributed by atoms with Gasteiger partial charge in [0.05, 0.1) is 17.9 Å². The van der Waals surface area contributed by atoms with Crippen molar-refractivity contribution in [3.63, 3.8) is 0 Å². The predicted octanol–water partition coefficient (Wildman–Crippen LogP) is 1.63. The van der Waals surface area contributed by atoms with Crippen LogP contribution < -0.4 is 21.8 Å². The number of rotatable bonds is 0. The Bertz CT molecular complexity index is 1520. The molecule has 11 nitrogen and oxygen atoms in total. The van der Waals surface area contributed by atoms with Gasteiger partial charge in [-0.1, -0.05) is 0 Å². The van der Waals surface area contributed by atoms with Gasteiger partial charge in [-0.3, -0.25) is 10.1 Å². The van der Waals surface area contributed by atoms with Crippen molar-refractivity contribution in [2.24, 2.45) is 7.05 Å². The number of ether oxygens (including phenoxy) is 1. The molecule has 4 heterocycles. The van der Waals surface area contributed by atoms with Gasteiger partial charge in [0.2, 0.25) is 11.6 Å². The summed E-state index contributed by atoms with van der Waals surface area (Å²) in [7, 11) is 1.66. The summed E-state index contributed by atoms with van der Waals surface area (Å²) in [6.07, 6.45) is 0.869. The van der Waals surface area contributed by atoms with Crippen molar-refractivity contribution in [3.8, 4) is 28.6 Å². The lowest BCUT2D eigenvalue weighted by atomic mass is 10.0. The van der Waals surface area contributed by atoms with E-state index in [0.29, 0.717) is 33.8 Å². The monoisotopic (exact) mass is 446 g/mol. The summed E-state index contributed by atoms with van der Waals surface area (Å²) in [5.41, 5.74) is 15.0. The Morgan fingerprint density at radius 1 is 1.30 bits per heavy atom. The van der Waals surface area contributed by atoms with E-state index in [0.717, 1.165) is 0 Å². The zero-order valence-electron chi connectivity index (χ0n) is 17.7. The van der Waals surface area contributed by atoms with Gasteiger partial charge < -0.3 is 16.2 Å². The van der Waals surface area contributed by atoms with Crippen LogP contribution in [0, 0.1) is 22.6 Å². The minimum Gasteiger partial charge on any atom is -0.482 e. The molecular weight excluding hydrogens is 427 g/mol. The molecular formula is C21H19FN10O. The van der Waals surface area contributed by atoms with Gasteiger partial charge in [-0.25, -0.2) is 18.7 Å². The second-order valence-electron chi connectivity index (χ2n) is 7.64. The standard InChI is InChI=1S/C21H19FN10O/c1-10-13-6-12(22)3-4-15(13)32-21(26)28-20(25)31(32)9-14-18(16(7-23)30(2)29-14)11-5-17(33-10)19(24)27-8-11/h3-6,8,10H,9H2,1-2H3,(H2,24,27)(H3,25,26,28)/t10-/m1/s1. The zero-order chi connectivity index (χ0) is 23.4. The molecule has 0 amide bonds. The van der Waals surface area contributed by atoms with Crippen LogP contribution in [0.25, 0.3) is 16.8 Å². The summed E-state index contributed by atoms with van der Waals surface area (Å²) in [4.78, 5) is 8.33. The van der Waals surface area contributed by atoms with Gasteiger partial charge in [0, 0.05) is 29.9 Å². The number of aromatic nitrogens is 6. The second-order valence-corrected chi connectivity index (χ2v) is 7.64. The number of pyridine rings is 1. The van der Waals surface area contributed by atoms with E-state index in [4.69, 9.17) is 21.6 Å². The quantitative estimate of drug-likeness (QED) is 0.369. The van der Waals surface area contributed by atoms with Crippen molar-refractivity contribution in [3.05, 3.63) is 58.8 Å². The van der Waals surface area contributed by atoms with E-state index in [-0.39, 0.29) is 29.7 Å². The van der Waals surface area contributed by atoms with Gasteiger partial charge in [-0.05, 0) is 31.2 Å². The average Bonchev–Trinajstić information content (AvgIpc) is 3.23. The summed E-state index contributed by atoms with van der Waals surface area (Å²) >= 11 is 0. The molecule has 4 aromatic rings. The molecule has 0 saturated heterocycles. The van der Waals surface area contributed by atoms with Gasteiger partial charge in [0.1, 0.15) is 23.7 Å². The maximum atomic E-state index is 14.3. The number of nitriles is 1. The molecule has 0 saturated carbocycles. The Balaban J connectivity index is 1.89. The van der Waals surface area contributed by atoms with Crippen LogP contribution in [0.15, 0.2) is 30.5 Å². The van der Waals surface area contributed by atoms with E-state index in [1.807, 2.05) is 0 Å². The summed E-state index contributed by atoms with van der Waals surface area (Å²) in [6.45, 7) is 1.81. The highest BCUT2D eigenvalue weighted by Gasteiger charge is 2.25. The molecule has 33 heavy (non-hydrogen) atoms. The van der Waals surface area contributed by atoms with Gasteiger partial charge in [-0.15, -0.1) is 0 Å². The minimum atomic E-state index is -0.664. The first-order valence-corrected chi connectivity index (χ1v) is 9.96. The van der Waals surface area contributed by atoms with Crippen LogP contribution in [-0.4, -0.2) is 29.1 Å². The Kier molecular flexibility index (Phi) is 4.42. The largest absolute Gasteiger partial charge is 0.482 e. The van der Waals surface area contributed by atoms with Crippen molar-refractivity contribution < 1.29 is 9.13 Å². The topological polar surface area (TPSA) is 162 Å². The summed E-state index contributed by atoms with van der Waals surface area (Å²) in [5.74, 6) is 0.00491. The summed E-state index contributed by atoms with van der Waals surface area (Å²) in [6, 6.07) is 8.03. The highest BCUT2D eigenvalue weighted by molar-refractivity contribution is 5.73. The molecule has 12 heteroatoms. The minimum absolute atomic E-state index is 0.0369. The predicted molar refractivity (Wildman–Crippen MR) is 115 cm³/mol. The van der Waals surface area contributed by atoms with Gasteiger partial charge in [0.25, 0.3) is 0 Å². The fraction of sp³-hybridized carbons (Fsp3) is 0.190. The first-order valence-electron chi connectivity index (χ1n) is 9.96. The van der Waals surface area contributed by atoms with Crippen LogP contribution in [0.2, 0.25) is 0 Å². The lowest BCUT2D eigenvalue weighted by Gasteiger charge is -2.22. The number of benzene rings is 1. The third-order valence-corrected chi connectivity index (χ3v) is 5.58. The van der Waals surface area contributed by atoms with Crippen LogP contribution in [0.1, 0.15) is 30.0 Å². The molecule has 0 aliphatic carbocycles. The number of halogens is 1. The molecule has 1 aliphatic rings. The fourth-order valence-electron chi connectivity index (χ4n) is 4.08. The average molecular weight is 446 g/mol. The molecule has 3 aromatic heterocycles. The number of nitrogens with two attached hydrogens (primary N) is 2. The fourth-order valence-corrected chi connectivity index (χ4v) is 4.08. The summed E-state index contributed by atoms with van der Waals surface area (Å²) in [5, 5.41) is 22.7. The summed E-state index contributed by atoms with van der Waals surface area (Å²) < 4.78 is 24.8. The highest BCUT2D eigenvalue weighted by Crippen LogP contribution is 2.36. The van der Waals surface area contributed by atoms with Crippen molar-refractivity contribution >= 4 is 11.8 Å². The molecule has 5 N–H and O–H groups in total. The zero-order valence-corrected chi connectivity index (χ0v) is 17.7. The number of anilines is 2. The van der Waals surface area contributed by atoms with E-state index in [2.05, 4.69) is 21.1 Å². The number of nitrogens with one attached hydrogen (secondary N) is 1. The third-order valence-electron chi connectivity index (χ3n) is 5.58. The maximum absolute atomic E-state index is 14.3. The molecule has 2 bridgehead atoms. The molecule has 1 aliphatic heterocycles. The van der Waals surface area contributed by atoms with Crippen molar-refractivity contribution in [1.82, 2.24) is 29.1 Å². The van der Waals surface area contributed by atoms with Crippen molar-refractivity contribution in [1.29, 1.82) is 10.7 Å². The van der Waals surface area contributed by atoms with Crippen LogP contribution in [0.4, 0.5) is 16.2 Å². The smallest absolute Gasteiger partial charge is 0.241 e. The normalized spacial score (nSPS) is 14.7. The number of hydrogen-bond donors (Lipinski definition) is 3. The SMILES string of the molecule is C[C@H]1Oc2cc(cnc2N)-c2c(nn(C)c2C#N)Cn2c(=N)nc(N)n2-c2ccc(F)cc21. The Labute approximate surface area is 186 Å². The molecule has 1 atom stereocenters. The van der Waals surface area contributed by atoms with Gasteiger partial charge in [-0.2, -0.15) is 15.3 Å². The van der Waals surface area contributed by atoms with E-state index >= 15 is 0 Å². The molecule has 0 unspecified atom stereocenters. The molecule has 0 spiro atoms. The van der Waals surface area contributed by atoms with E-state index < -0.39 is 11.9 Å². The number of nitrogens with zero attached hydrogens (tertiary/aromatic N) is 7. The molecule has 166 valence electrons. The molecule has 1 aromatic carbocycles. The van der Waals surface area contributed by atoms with Gasteiger partial charge in [0.15, 0.2) is 11.6 Å². The Hall–Kier alpha value is -4.66. The van der Waals surface area contributed by atoms with E-state index in [1.54, 1.807) is 26.1 Å². The first kappa shape index (κ1) is 20.3. The van der Waals surface area contributed by atoms with Crippen LogP contribution in [-0.2, 0) is 13.6 Å². The Morgan fingerprint density at radius 2 is 2.09 bits per heavy atom. The van der Waals surface area contributed by atoms with Crippen LogP contribution in [0.5, 0.6) is 5.75 Å². The van der Waals surface area contributed by atoms with Crippen LogP contribution in [0.3, 0.4) is 0 Å². The molecule has 0 fully saturated rings. The highest BCUT2D eigenvalue weighted by atomic mass is 19.1.